The van der Waals surface area contributed by atoms with Gasteiger partial charge < -0.3 is 19.5 Å². The van der Waals surface area contributed by atoms with Crippen LogP contribution in [0.2, 0.25) is 0 Å². The SMILES string of the molecule is CC(C)CN1c2cccnc2-n2cccc2C12CCN(C(=O)c1cnccn1)C2.O=C(O)C(F)(F)F. The number of alkyl halides is 3. The number of hydrogen-bond donors (Lipinski definition) is 1. The van der Waals surface area contributed by atoms with Crippen molar-refractivity contribution < 1.29 is 27.9 Å². The molecule has 0 aliphatic carbocycles. The molecule has 3 aromatic heterocycles. The number of carbonyl (C=O) groups is 2. The highest BCUT2D eigenvalue weighted by Gasteiger charge is 2.51. The van der Waals surface area contributed by atoms with Crippen molar-refractivity contribution in [2.75, 3.05) is 24.5 Å². The number of amides is 1. The van der Waals surface area contributed by atoms with Crippen LogP contribution in [0.4, 0.5) is 18.9 Å². The third-order valence-electron chi connectivity index (χ3n) is 6.13. The zero-order valence-corrected chi connectivity index (χ0v) is 19.7. The molecule has 0 aromatic carbocycles. The monoisotopic (exact) mass is 502 g/mol. The molecule has 5 heterocycles. The summed E-state index contributed by atoms with van der Waals surface area (Å²) < 4.78 is 33.9. The van der Waals surface area contributed by atoms with Gasteiger partial charge in [0.2, 0.25) is 0 Å². The van der Waals surface area contributed by atoms with Crippen LogP contribution in [-0.2, 0) is 10.3 Å². The highest BCUT2D eigenvalue weighted by molar-refractivity contribution is 5.92. The summed E-state index contributed by atoms with van der Waals surface area (Å²) in [5.41, 5.74) is 2.44. The van der Waals surface area contributed by atoms with Gasteiger partial charge in [0.25, 0.3) is 5.91 Å². The molecule has 2 aliphatic heterocycles. The number of nitrogens with zero attached hydrogens (tertiary/aromatic N) is 6. The van der Waals surface area contributed by atoms with E-state index < -0.39 is 12.1 Å². The van der Waals surface area contributed by atoms with E-state index in [0.29, 0.717) is 24.7 Å². The van der Waals surface area contributed by atoms with E-state index in [-0.39, 0.29) is 11.4 Å². The Kier molecular flexibility index (Phi) is 6.70. The quantitative estimate of drug-likeness (QED) is 0.585. The van der Waals surface area contributed by atoms with E-state index >= 15 is 0 Å². The van der Waals surface area contributed by atoms with Crippen LogP contribution in [0.5, 0.6) is 0 Å². The van der Waals surface area contributed by atoms with Gasteiger partial charge >= 0.3 is 12.1 Å². The topological polar surface area (TPSA) is 104 Å². The van der Waals surface area contributed by atoms with Crippen LogP contribution in [0.1, 0.15) is 36.5 Å². The summed E-state index contributed by atoms with van der Waals surface area (Å²) in [4.78, 5) is 39.3. The van der Waals surface area contributed by atoms with Crippen molar-refractivity contribution >= 4 is 17.6 Å². The summed E-state index contributed by atoms with van der Waals surface area (Å²) in [5, 5.41) is 7.12. The maximum Gasteiger partial charge on any atom is 0.490 e. The maximum absolute atomic E-state index is 13.1. The van der Waals surface area contributed by atoms with E-state index in [2.05, 4.69) is 62.7 Å². The van der Waals surface area contributed by atoms with Gasteiger partial charge in [0.05, 0.1) is 17.6 Å². The number of carboxylic acid groups (broad SMARTS) is 1. The van der Waals surface area contributed by atoms with E-state index in [1.54, 1.807) is 18.6 Å². The van der Waals surface area contributed by atoms with Crippen molar-refractivity contribution in [2.45, 2.75) is 32.0 Å². The number of rotatable bonds is 3. The van der Waals surface area contributed by atoms with E-state index in [1.165, 1.54) is 5.69 Å². The molecule has 0 saturated carbocycles. The van der Waals surface area contributed by atoms with Gasteiger partial charge in [-0.1, -0.05) is 13.8 Å². The van der Waals surface area contributed by atoms with E-state index in [0.717, 1.165) is 24.5 Å². The Hall–Kier alpha value is -3.96. The Morgan fingerprint density at radius 2 is 1.89 bits per heavy atom. The molecule has 2 aliphatic rings. The molecule has 1 N–H and O–H groups in total. The number of carbonyl (C=O) groups excluding carboxylic acids is 1. The van der Waals surface area contributed by atoms with Gasteiger partial charge in [0, 0.05) is 44.4 Å². The van der Waals surface area contributed by atoms with E-state index in [9.17, 15) is 18.0 Å². The van der Waals surface area contributed by atoms with Gasteiger partial charge in [-0.2, -0.15) is 13.2 Å². The zero-order valence-electron chi connectivity index (χ0n) is 19.7. The summed E-state index contributed by atoms with van der Waals surface area (Å²) in [5.74, 6) is -1.38. The molecule has 3 aromatic rings. The zero-order chi connectivity index (χ0) is 26.1. The fourth-order valence-corrected chi connectivity index (χ4v) is 4.70. The smallest absolute Gasteiger partial charge is 0.475 e. The molecular formula is C24H25F3N6O3. The Morgan fingerprint density at radius 1 is 1.14 bits per heavy atom. The number of carboxylic acids is 1. The Morgan fingerprint density at radius 3 is 2.53 bits per heavy atom. The molecule has 9 nitrogen and oxygen atoms in total. The first-order valence-electron chi connectivity index (χ1n) is 11.3. The lowest BCUT2D eigenvalue weighted by atomic mass is 9.88. The molecule has 1 atom stereocenters. The van der Waals surface area contributed by atoms with Crippen LogP contribution in [0.15, 0.2) is 55.2 Å². The van der Waals surface area contributed by atoms with Crippen molar-refractivity contribution in [3.05, 3.63) is 66.6 Å². The lowest BCUT2D eigenvalue weighted by Crippen LogP contribution is -2.54. The first-order chi connectivity index (χ1) is 17.0. The molecule has 36 heavy (non-hydrogen) atoms. The molecule has 190 valence electrons. The Labute approximate surface area is 205 Å². The summed E-state index contributed by atoms with van der Waals surface area (Å²) >= 11 is 0. The van der Waals surface area contributed by atoms with Crippen molar-refractivity contribution in [1.29, 1.82) is 0 Å². The fourth-order valence-electron chi connectivity index (χ4n) is 4.70. The van der Waals surface area contributed by atoms with Gasteiger partial charge in [-0.05, 0) is 36.6 Å². The van der Waals surface area contributed by atoms with Crippen LogP contribution >= 0.6 is 0 Å². The number of aliphatic carboxylic acids is 1. The molecule has 0 radical (unpaired) electrons. The molecule has 1 spiro atoms. The minimum Gasteiger partial charge on any atom is -0.475 e. The predicted octanol–water partition coefficient (Wildman–Crippen LogP) is 3.51. The van der Waals surface area contributed by atoms with Crippen molar-refractivity contribution in [2.24, 2.45) is 5.92 Å². The van der Waals surface area contributed by atoms with Crippen molar-refractivity contribution in [3.63, 3.8) is 0 Å². The summed E-state index contributed by atoms with van der Waals surface area (Å²) in [6.45, 7) is 6.67. The minimum atomic E-state index is -5.08. The van der Waals surface area contributed by atoms with Crippen LogP contribution < -0.4 is 4.90 Å². The Balaban J connectivity index is 0.000000384. The number of hydrogen-bond acceptors (Lipinski definition) is 6. The van der Waals surface area contributed by atoms with Gasteiger partial charge in [0.1, 0.15) is 11.2 Å². The predicted molar refractivity (Wildman–Crippen MR) is 124 cm³/mol. The molecular weight excluding hydrogens is 477 g/mol. The third kappa shape index (κ3) is 4.62. The second-order valence-electron chi connectivity index (χ2n) is 9.02. The normalized spacial score (nSPS) is 18.5. The van der Waals surface area contributed by atoms with E-state index in [4.69, 9.17) is 9.90 Å². The van der Waals surface area contributed by atoms with Crippen molar-refractivity contribution in [3.8, 4) is 5.82 Å². The average Bonchev–Trinajstić information content (AvgIpc) is 3.51. The highest BCUT2D eigenvalue weighted by atomic mass is 19.4. The Bertz CT molecular complexity index is 1250. The largest absolute Gasteiger partial charge is 0.490 e. The number of aromatic nitrogens is 4. The number of pyridine rings is 1. The maximum atomic E-state index is 13.1. The molecule has 12 heteroatoms. The van der Waals surface area contributed by atoms with Gasteiger partial charge in [-0.15, -0.1) is 0 Å². The molecule has 0 bridgehead atoms. The molecule has 1 saturated heterocycles. The second-order valence-corrected chi connectivity index (χ2v) is 9.02. The first-order valence-corrected chi connectivity index (χ1v) is 11.3. The van der Waals surface area contributed by atoms with Crippen LogP contribution in [0.25, 0.3) is 5.82 Å². The summed E-state index contributed by atoms with van der Waals surface area (Å²) in [7, 11) is 0. The number of halogens is 3. The number of anilines is 1. The minimum absolute atomic E-state index is 0.0606. The number of likely N-dealkylation sites (tertiary alicyclic amines) is 1. The van der Waals surface area contributed by atoms with Crippen LogP contribution in [0, 0.1) is 5.92 Å². The highest BCUT2D eigenvalue weighted by Crippen LogP contribution is 2.47. The van der Waals surface area contributed by atoms with Crippen LogP contribution in [-0.4, -0.2) is 67.2 Å². The standard InChI is InChI=1S/C22H24N6O.C2HF3O2/c1-16(2)14-28-18-5-3-8-25-20(18)27-11-4-6-19(27)22(28)7-12-26(15-22)21(29)17-13-23-9-10-24-17;3-2(4,5)1(6)7/h3-6,8-11,13,16H,7,12,14-15H2,1-2H3;(H,6,7). The van der Waals surface area contributed by atoms with Gasteiger partial charge in [0.15, 0.2) is 5.82 Å². The molecule has 1 amide bonds. The van der Waals surface area contributed by atoms with E-state index in [1.807, 2.05) is 17.2 Å². The van der Waals surface area contributed by atoms with Crippen molar-refractivity contribution in [1.82, 2.24) is 24.4 Å². The third-order valence-corrected chi connectivity index (χ3v) is 6.13. The first kappa shape index (κ1) is 25.1. The second kappa shape index (κ2) is 9.59. The lowest BCUT2D eigenvalue weighted by Gasteiger charge is -2.47. The molecule has 5 rings (SSSR count). The number of fused-ring (bicyclic) bond motifs is 4. The van der Waals surface area contributed by atoms with Crippen LogP contribution in [0.3, 0.4) is 0 Å². The fraction of sp³-hybridized carbons (Fsp3) is 0.375. The summed E-state index contributed by atoms with van der Waals surface area (Å²) in [6.07, 6.45) is 4.39. The molecule has 1 fully saturated rings. The molecule has 1 unspecified atom stereocenters. The van der Waals surface area contributed by atoms with Gasteiger partial charge in [-0.25, -0.2) is 14.8 Å². The summed E-state index contributed by atoms with van der Waals surface area (Å²) in [6, 6.07) is 8.37. The average molecular weight is 502 g/mol. The lowest BCUT2D eigenvalue weighted by molar-refractivity contribution is -0.192. The van der Waals surface area contributed by atoms with Gasteiger partial charge in [-0.3, -0.25) is 9.78 Å².